The van der Waals surface area contributed by atoms with Gasteiger partial charge < -0.3 is 4.90 Å². The third kappa shape index (κ3) is 3.35. The Kier molecular flexibility index (Phi) is 5.14. The van der Waals surface area contributed by atoms with Gasteiger partial charge in [-0.3, -0.25) is 14.7 Å². The van der Waals surface area contributed by atoms with E-state index in [0.717, 1.165) is 0 Å². The summed E-state index contributed by atoms with van der Waals surface area (Å²) in [5.74, 6) is 0.704. The van der Waals surface area contributed by atoms with Gasteiger partial charge in [0.15, 0.2) is 5.78 Å². The van der Waals surface area contributed by atoms with Gasteiger partial charge in [0.1, 0.15) is 0 Å². The van der Waals surface area contributed by atoms with Gasteiger partial charge in [-0.15, -0.1) is 0 Å². The van der Waals surface area contributed by atoms with Crippen molar-refractivity contribution in [2.24, 2.45) is 17.3 Å². The smallest absolute Gasteiger partial charge is 0.241 e. The van der Waals surface area contributed by atoms with Gasteiger partial charge in [-0.25, -0.2) is 0 Å². The van der Waals surface area contributed by atoms with Crippen molar-refractivity contribution in [3.8, 4) is 0 Å². The topological polar surface area (TPSA) is 49.4 Å². The molecule has 0 aromatic rings. The lowest BCUT2D eigenvalue weighted by atomic mass is 9.86. The summed E-state index contributed by atoms with van der Waals surface area (Å²) >= 11 is 0. The van der Waals surface area contributed by atoms with Gasteiger partial charge in [-0.2, -0.15) is 0 Å². The van der Waals surface area contributed by atoms with Crippen molar-refractivity contribution in [1.29, 1.82) is 0 Å². The first-order chi connectivity index (χ1) is 8.61. The van der Waals surface area contributed by atoms with Gasteiger partial charge in [0, 0.05) is 6.54 Å². The fourth-order valence-corrected chi connectivity index (χ4v) is 3.50. The van der Waals surface area contributed by atoms with Crippen molar-refractivity contribution < 1.29 is 9.59 Å². The van der Waals surface area contributed by atoms with Crippen molar-refractivity contribution >= 4 is 21.1 Å². The lowest BCUT2D eigenvalue weighted by Gasteiger charge is -2.35. The van der Waals surface area contributed by atoms with Crippen molar-refractivity contribution in [3.63, 3.8) is 0 Å². The van der Waals surface area contributed by atoms with E-state index in [1.165, 1.54) is 0 Å². The molecule has 0 aromatic heterocycles. The number of nitrogens with zero attached hydrogens (tertiary/aromatic N) is 1. The zero-order valence-corrected chi connectivity index (χ0v) is 14.0. The molecule has 1 rings (SSSR count). The van der Waals surface area contributed by atoms with Crippen molar-refractivity contribution in [2.45, 2.75) is 53.6 Å². The maximum Gasteiger partial charge on any atom is 0.241 e. The second kappa shape index (κ2) is 5.88. The summed E-state index contributed by atoms with van der Waals surface area (Å²) in [6.45, 7) is 12.5. The fraction of sp³-hybridized carbons (Fsp3) is 0.857. The molecule has 0 bridgehead atoms. The van der Waals surface area contributed by atoms with Crippen molar-refractivity contribution in [3.05, 3.63) is 0 Å². The molecule has 4 nitrogen and oxygen atoms in total. The van der Waals surface area contributed by atoms with E-state index in [-0.39, 0.29) is 35.1 Å². The Labute approximate surface area is 118 Å². The highest BCUT2D eigenvalue weighted by atomic mass is 31.0. The first-order valence-electron chi connectivity index (χ1n) is 6.88. The third-order valence-electron chi connectivity index (χ3n) is 4.20. The largest absolute Gasteiger partial charge is 0.331 e. The van der Waals surface area contributed by atoms with Gasteiger partial charge in [-0.05, 0) is 24.2 Å². The molecule has 1 aliphatic rings. The molecule has 1 heterocycles. The molecule has 0 aromatic carbocycles. The van der Waals surface area contributed by atoms with E-state index in [2.05, 4.69) is 28.3 Å². The zero-order chi connectivity index (χ0) is 15.0. The molecule has 110 valence electrons. The number of rotatable bonds is 3. The van der Waals surface area contributed by atoms with E-state index in [1.807, 2.05) is 20.8 Å². The van der Waals surface area contributed by atoms with Crippen LogP contribution in [0.25, 0.3) is 0 Å². The Hall–Kier alpha value is -0.470. The van der Waals surface area contributed by atoms with Crippen molar-refractivity contribution in [2.75, 3.05) is 6.54 Å². The minimum atomic E-state index is -0.295. The number of carbonyl (C=O) groups is 2. The quantitative estimate of drug-likeness (QED) is 0.806. The second-order valence-electron chi connectivity index (χ2n) is 6.85. The minimum Gasteiger partial charge on any atom is -0.331 e. The summed E-state index contributed by atoms with van der Waals surface area (Å²) in [7, 11) is 2.43. The number of carbonyl (C=O) groups excluding carboxylic acids is 2. The molecule has 5 atom stereocenters. The Balaban J connectivity index is 3.01. The summed E-state index contributed by atoms with van der Waals surface area (Å²) in [6.07, 6.45) is 0. The molecule has 0 aliphatic carbocycles. The highest BCUT2D eigenvalue weighted by Gasteiger charge is 2.45. The van der Waals surface area contributed by atoms with Crippen LogP contribution in [0.15, 0.2) is 0 Å². The van der Waals surface area contributed by atoms with E-state index >= 15 is 0 Å². The van der Waals surface area contributed by atoms with E-state index in [1.54, 1.807) is 11.8 Å². The Morgan fingerprint density at radius 1 is 1.32 bits per heavy atom. The molecule has 2 unspecified atom stereocenters. The Morgan fingerprint density at radius 3 is 2.21 bits per heavy atom. The van der Waals surface area contributed by atoms with Crippen LogP contribution < -0.4 is 5.09 Å². The van der Waals surface area contributed by atoms with Crippen LogP contribution in [0, 0.1) is 17.3 Å². The molecule has 0 spiro atoms. The zero-order valence-electron chi connectivity index (χ0n) is 12.9. The molecule has 19 heavy (non-hydrogen) atoms. The number of Topliss-reactive ketones (excluding diaryl/α,β-unsaturated/α-hetero) is 1. The number of amides is 1. The summed E-state index contributed by atoms with van der Waals surface area (Å²) in [6, 6.07) is -0.567. The molecule has 1 amide bonds. The van der Waals surface area contributed by atoms with Gasteiger partial charge in [0.05, 0.1) is 12.1 Å². The average Bonchev–Trinajstić information content (AvgIpc) is 2.54. The molecular formula is C14H27N2O2P. The summed E-state index contributed by atoms with van der Waals surface area (Å²) in [4.78, 5) is 26.4. The minimum absolute atomic E-state index is 0.0268. The maximum absolute atomic E-state index is 12.7. The highest BCUT2D eigenvalue weighted by molar-refractivity contribution is 7.13. The van der Waals surface area contributed by atoms with E-state index in [9.17, 15) is 9.59 Å². The maximum atomic E-state index is 12.7. The van der Waals surface area contributed by atoms with Crippen LogP contribution in [0.3, 0.4) is 0 Å². The molecular weight excluding hydrogens is 259 g/mol. The van der Waals surface area contributed by atoms with Crippen LogP contribution in [-0.4, -0.2) is 35.2 Å². The van der Waals surface area contributed by atoms with Gasteiger partial charge in [0.25, 0.3) is 0 Å². The lowest BCUT2D eigenvalue weighted by molar-refractivity contribution is -0.141. The highest BCUT2D eigenvalue weighted by Crippen LogP contribution is 2.32. The van der Waals surface area contributed by atoms with Gasteiger partial charge in [0.2, 0.25) is 5.91 Å². The van der Waals surface area contributed by atoms with E-state index < -0.39 is 0 Å². The summed E-state index contributed by atoms with van der Waals surface area (Å²) in [5, 5.41) is 3.02. The average molecular weight is 286 g/mol. The first kappa shape index (κ1) is 16.6. The van der Waals surface area contributed by atoms with Crippen molar-refractivity contribution in [1.82, 2.24) is 9.99 Å². The lowest BCUT2D eigenvalue weighted by Crippen LogP contribution is -2.53. The number of hydrogen-bond donors (Lipinski definition) is 1. The molecule has 1 fully saturated rings. The van der Waals surface area contributed by atoms with Crippen LogP contribution in [-0.2, 0) is 9.59 Å². The predicted octanol–water partition coefficient (Wildman–Crippen LogP) is 1.85. The number of hydrogen-bond acceptors (Lipinski definition) is 3. The molecule has 1 aliphatic heterocycles. The van der Waals surface area contributed by atoms with Crippen LogP contribution in [0.4, 0.5) is 0 Å². The summed E-state index contributed by atoms with van der Waals surface area (Å²) in [5.41, 5.74) is -0.185. The number of nitrogens with one attached hydrogen (secondary N) is 1. The van der Waals surface area contributed by atoms with Crippen LogP contribution in [0.2, 0.25) is 0 Å². The normalized spacial score (nSPS) is 29.4. The number of likely N-dealkylation sites (tertiary alicyclic amines) is 1. The molecule has 0 saturated carbocycles. The molecule has 5 heteroatoms. The van der Waals surface area contributed by atoms with Gasteiger partial charge in [-0.1, -0.05) is 44.0 Å². The van der Waals surface area contributed by atoms with Crippen LogP contribution in [0.5, 0.6) is 0 Å². The van der Waals surface area contributed by atoms with Gasteiger partial charge >= 0.3 is 0 Å². The molecule has 1 saturated heterocycles. The summed E-state index contributed by atoms with van der Waals surface area (Å²) < 4.78 is 0. The molecule has 0 radical (unpaired) electrons. The Bertz CT molecular complexity index is 365. The van der Waals surface area contributed by atoms with E-state index in [4.69, 9.17) is 0 Å². The fourth-order valence-electron chi connectivity index (χ4n) is 2.86. The second-order valence-corrected chi connectivity index (χ2v) is 7.18. The third-order valence-corrected chi connectivity index (χ3v) is 4.53. The Morgan fingerprint density at radius 2 is 1.84 bits per heavy atom. The SMILES string of the molecule is CC(=O)[C@@H]1C(C)[C@@H](C)CN1C(=O)[C@@H](NP)C(C)(C)C. The first-order valence-corrected chi connectivity index (χ1v) is 7.46. The number of ketones is 1. The predicted molar refractivity (Wildman–Crippen MR) is 80.6 cm³/mol. The van der Waals surface area contributed by atoms with E-state index in [0.29, 0.717) is 12.5 Å². The standard InChI is InChI=1S/C14H27N2O2P/c1-8-7-16(11(9(8)2)10(3)17)13(18)12(15-19)14(4,5)6/h8-9,11-12,15H,7,19H2,1-6H3/t8-,9?,11-,12+/m0/s1. The van der Waals surface area contributed by atoms with Crippen LogP contribution >= 0.6 is 9.39 Å². The monoisotopic (exact) mass is 286 g/mol. The van der Waals surface area contributed by atoms with Crippen LogP contribution in [0.1, 0.15) is 41.5 Å². The molecule has 1 N–H and O–H groups in total.